The molecule has 1 radical (unpaired) electrons. The summed E-state index contributed by atoms with van der Waals surface area (Å²) in [6.45, 7) is 8.45. The molecule has 0 aromatic carbocycles. The SMILES string of the molecule is CCCCN(CCCC)C(=O)C1C[N]CCN1. The number of carbonyl (C=O) groups excluding carboxylic acids is 1. The predicted octanol–water partition coefficient (Wildman–Crippen LogP) is 0.991. The molecule has 0 saturated carbocycles. The van der Waals surface area contributed by atoms with E-state index in [-0.39, 0.29) is 11.9 Å². The van der Waals surface area contributed by atoms with Crippen LogP contribution in [0.25, 0.3) is 0 Å². The van der Waals surface area contributed by atoms with E-state index < -0.39 is 0 Å². The molecule has 0 aromatic rings. The van der Waals surface area contributed by atoms with Crippen LogP contribution >= 0.6 is 0 Å². The normalized spacial score (nSPS) is 20.2. The molecule has 1 unspecified atom stereocenters. The number of hydrogen-bond acceptors (Lipinski definition) is 2. The number of unbranched alkanes of at least 4 members (excludes halogenated alkanes) is 2. The molecular formula is C13H26N3O. The van der Waals surface area contributed by atoms with Crippen LogP contribution in [0.1, 0.15) is 39.5 Å². The Kier molecular flexibility index (Phi) is 7.21. The Hall–Kier alpha value is -0.610. The Balaban J connectivity index is 2.44. The van der Waals surface area contributed by atoms with Gasteiger partial charge in [-0.3, -0.25) is 4.79 Å². The second-order valence-corrected chi connectivity index (χ2v) is 4.67. The van der Waals surface area contributed by atoms with Crippen molar-refractivity contribution in [3.05, 3.63) is 0 Å². The van der Waals surface area contributed by atoms with Gasteiger partial charge in [-0.05, 0) is 12.8 Å². The molecule has 4 nitrogen and oxygen atoms in total. The lowest BCUT2D eigenvalue weighted by molar-refractivity contribution is -0.133. The molecular weight excluding hydrogens is 214 g/mol. The van der Waals surface area contributed by atoms with Gasteiger partial charge in [0.25, 0.3) is 0 Å². The minimum Gasteiger partial charge on any atom is -0.341 e. The van der Waals surface area contributed by atoms with Gasteiger partial charge in [0.05, 0.1) is 0 Å². The van der Waals surface area contributed by atoms with Crippen LogP contribution in [-0.4, -0.2) is 49.6 Å². The second kappa shape index (κ2) is 8.48. The standard InChI is InChI=1S/C13H26N3O/c1-3-5-9-16(10-6-4-2)13(17)12-11-14-7-8-15-12/h12,15H,3-11H2,1-2H3. The molecule has 99 valence electrons. The maximum Gasteiger partial charge on any atom is 0.241 e. The highest BCUT2D eigenvalue weighted by atomic mass is 16.2. The van der Waals surface area contributed by atoms with Gasteiger partial charge in [0.1, 0.15) is 6.04 Å². The zero-order valence-electron chi connectivity index (χ0n) is 11.2. The van der Waals surface area contributed by atoms with Crippen molar-refractivity contribution in [3.63, 3.8) is 0 Å². The van der Waals surface area contributed by atoms with E-state index in [0.29, 0.717) is 6.54 Å². The summed E-state index contributed by atoms with van der Waals surface area (Å²) >= 11 is 0. The molecule has 0 bridgehead atoms. The van der Waals surface area contributed by atoms with Crippen LogP contribution in [0, 0.1) is 0 Å². The van der Waals surface area contributed by atoms with E-state index in [1.54, 1.807) is 0 Å². The van der Waals surface area contributed by atoms with Gasteiger partial charge in [0.2, 0.25) is 5.91 Å². The molecule has 1 heterocycles. The van der Waals surface area contributed by atoms with Crippen LogP contribution in [0.3, 0.4) is 0 Å². The van der Waals surface area contributed by atoms with Crippen molar-refractivity contribution in [2.45, 2.75) is 45.6 Å². The number of nitrogens with zero attached hydrogens (tertiary/aromatic N) is 2. The van der Waals surface area contributed by atoms with Gasteiger partial charge in [0.15, 0.2) is 0 Å². The third-order valence-electron chi connectivity index (χ3n) is 3.15. The smallest absolute Gasteiger partial charge is 0.241 e. The molecule has 4 heteroatoms. The van der Waals surface area contributed by atoms with Crippen molar-refractivity contribution in [2.75, 3.05) is 32.7 Å². The highest BCUT2D eigenvalue weighted by Gasteiger charge is 2.25. The summed E-state index contributed by atoms with van der Waals surface area (Å²) in [6.07, 6.45) is 4.47. The quantitative estimate of drug-likeness (QED) is 0.721. The average molecular weight is 240 g/mol. The van der Waals surface area contributed by atoms with E-state index >= 15 is 0 Å². The van der Waals surface area contributed by atoms with Crippen LogP contribution in [0.2, 0.25) is 0 Å². The second-order valence-electron chi connectivity index (χ2n) is 4.67. The van der Waals surface area contributed by atoms with Gasteiger partial charge in [0, 0.05) is 32.7 Å². The molecule has 0 aromatic heterocycles. The third kappa shape index (κ3) is 5.04. The summed E-state index contributed by atoms with van der Waals surface area (Å²) in [6, 6.07) is -0.0718. The Labute approximate surface area is 105 Å². The molecule has 0 aliphatic carbocycles. The van der Waals surface area contributed by atoms with Crippen LogP contribution in [0.15, 0.2) is 0 Å². The molecule has 1 atom stereocenters. The van der Waals surface area contributed by atoms with Crippen molar-refractivity contribution in [3.8, 4) is 0 Å². The summed E-state index contributed by atoms with van der Waals surface area (Å²) in [5, 5.41) is 7.58. The first-order chi connectivity index (χ1) is 8.29. The van der Waals surface area contributed by atoms with Crippen molar-refractivity contribution in [1.29, 1.82) is 0 Å². The molecule has 1 amide bonds. The van der Waals surface area contributed by atoms with E-state index in [1.165, 1.54) is 0 Å². The van der Waals surface area contributed by atoms with Crippen molar-refractivity contribution < 1.29 is 4.79 Å². The zero-order chi connectivity index (χ0) is 12.5. The Morgan fingerprint density at radius 1 is 1.29 bits per heavy atom. The highest BCUT2D eigenvalue weighted by molar-refractivity contribution is 5.82. The highest BCUT2D eigenvalue weighted by Crippen LogP contribution is 2.03. The summed E-state index contributed by atoms with van der Waals surface area (Å²) in [5.74, 6) is 0.246. The number of hydrogen-bond donors (Lipinski definition) is 1. The van der Waals surface area contributed by atoms with E-state index in [4.69, 9.17) is 0 Å². The Morgan fingerprint density at radius 2 is 1.94 bits per heavy atom. The van der Waals surface area contributed by atoms with Crippen LogP contribution in [-0.2, 0) is 4.79 Å². The fourth-order valence-electron chi connectivity index (χ4n) is 2.02. The van der Waals surface area contributed by atoms with E-state index in [1.807, 2.05) is 4.90 Å². The third-order valence-corrected chi connectivity index (χ3v) is 3.15. The molecule has 1 aliphatic rings. The van der Waals surface area contributed by atoms with Crippen molar-refractivity contribution in [1.82, 2.24) is 15.5 Å². The lowest BCUT2D eigenvalue weighted by atomic mass is 10.2. The van der Waals surface area contributed by atoms with Crippen molar-refractivity contribution in [2.24, 2.45) is 0 Å². The van der Waals surface area contributed by atoms with E-state index in [2.05, 4.69) is 24.5 Å². The van der Waals surface area contributed by atoms with Crippen molar-refractivity contribution >= 4 is 5.91 Å². The van der Waals surface area contributed by atoms with E-state index in [9.17, 15) is 4.79 Å². The maximum atomic E-state index is 12.3. The number of piperazine rings is 1. The minimum atomic E-state index is -0.0718. The van der Waals surface area contributed by atoms with E-state index in [0.717, 1.165) is 51.9 Å². The summed E-state index contributed by atoms with van der Waals surface area (Å²) in [5.41, 5.74) is 0. The van der Waals surface area contributed by atoms with Gasteiger partial charge in [-0.15, -0.1) is 0 Å². The molecule has 17 heavy (non-hydrogen) atoms. The molecule has 0 spiro atoms. The molecule has 1 fully saturated rings. The first-order valence-electron chi connectivity index (χ1n) is 6.95. The largest absolute Gasteiger partial charge is 0.341 e. The number of rotatable bonds is 7. The van der Waals surface area contributed by atoms with Crippen LogP contribution < -0.4 is 10.6 Å². The number of carbonyl (C=O) groups is 1. The molecule has 1 saturated heterocycles. The zero-order valence-corrected chi connectivity index (χ0v) is 11.2. The molecule has 1 aliphatic heterocycles. The van der Waals surface area contributed by atoms with Gasteiger partial charge in [-0.2, -0.15) is 0 Å². The summed E-state index contributed by atoms with van der Waals surface area (Å²) in [7, 11) is 0. The van der Waals surface area contributed by atoms with Gasteiger partial charge in [-0.1, -0.05) is 26.7 Å². The first-order valence-corrected chi connectivity index (χ1v) is 6.95. The minimum absolute atomic E-state index is 0.0718. The number of nitrogens with one attached hydrogen (secondary N) is 1. The molecule has 1 rings (SSSR count). The Bertz CT molecular complexity index is 207. The summed E-state index contributed by atoms with van der Waals surface area (Å²) < 4.78 is 0. The monoisotopic (exact) mass is 240 g/mol. The van der Waals surface area contributed by atoms with Gasteiger partial charge in [-0.25, -0.2) is 5.32 Å². The fourth-order valence-corrected chi connectivity index (χ4v) is 2.02. The lowest BCUT2D eigenvalue weighted by Gasteiger charge is -2.30. The first kappa shape index (κ1) is 14.5. The van der Waals surface area contributed by atoms with Crippen LogP contribution in [0.4, 0.5) is 0 Å². The average Bonchev–Trinajstić information content (AvgIpc) is 2.39. The number of amides is 1. The predicted molar refractivity (Wildman–Crippen MR) is 70.1 cm³/mol. The maximum absolute atomic E-state index is 12.3. The van der Waals surface area contributed by atoms with Crippen LogP contribution in [0.5, 0.6) is 0 Å². The lowest BCUT2D eigenvalue weighted by Crippen LogP contribution is -2.55. The Morgan fingerprint density at radius 3 is 2.41 bits per heavy atom. The fraction of sp³-hybridized carbons (Fsp3) is 0.923. The van der Waals surface area contributed by atoms with Gasteiger partial charge < -0.3 is 10.2 Å². The van der Waals surface area contributed by atoms with Gasteiger partial charge >= 0.3 is 0 Å². The topological polar surface area (TPSA) is 46.4 Å². The molecule has 1 N–H and O–H groups in total. The summed E-state index contributed by atoms with van der Waals surface area (Å²) in [4.78, 5) is 14.3.